The molecule has 6 aromatic rings. The standard InChI is InChI=1S/C49H47N/c1-34-31-39-17-12-18-40(32-34)49(39)45-20-11-10-19-44(45)48(2,3)47-33-43(29-30-46(47)49)50(41-25-21-37(22-26-41)35-13-6-4-7-14-35)42-27-23-38(24-28-42)36-15-8-5-9-16-36/h4-11,13-16,19-30,33-34,39-40H,12,17-18,31-32H2,1-3H3/t34-,39-,40+,49?. The summed E-state index contributed by atoms with van der Waals surface area (Å²) in [6.07, 6.45) is 6.71. The molecule has 2 bridgehead atoms. The van der Waals surface area contributed by atoms with E-state index in [4.69, 9.17) is 0 Å². The van der Waals surface area contributed by atoms with Crippen LogP contribution in [-0.4, -0.2) is 0 Å². The average molecular weight is 650 g/mol. The highest BCUT2D eigenvalue weighted by molar-refractivity contribution is 5.81. The number of fused-ring (bicyclic) bond motifs is 2. The molecule has 9 rings (SSSR count). The fourth-order valence-electron chi connectivity index (χ4n) is 10.5. The first-order chi connectivity index (χ1) is 24.4. The van der Waals surface area contributed by atoms with Crippen LogP contribution in [-0.2, 0) is 10.8 Å². The van der Waals surface area contributed by atoms with E-state index >= 15 is 0 Å². The van der Waals surface area contributed by atoms with E-state index in [1.165, 1.54) is 82.5 Å². The Morgan fingerprint density at radius 3 is 1.44 bits per heavy atom. The zero-order chi connectivity index (χ0) is 33.9. The molecule has 4 atom stereocenters. The topological polar surface area (TPSA) is 3.24 Å². The minimum absolute atomic E-state index is 0.101. The molecule has 6 aromatic carbocycles. The van der Waals surface area contributed by atoms with Crippen molar-refractivity contribution in [2.24, 2.45) is 17.8 Å². The molecule has 0 aromatic heterocycles. The van der Waals surface area contributed by atoms with Gasteiger partial charge in [0.15, 0.2) is 0 Å². The zero-order valence-electron chi connectivity index (χ0n) is 29.6. The third kappa shape index (κ3) is 4.89. The fourth-order valence-corrected chi connectivity index (χ4v) is 10.5. The second-order valence-electron chi connectivity index (χ2n) is 15.8. The van der Waals surface area contributed by atoms with Crippen molar-refractivity contribution >= 4 is 17.1 Å². The van der Waals surface area contributed by atoms with E-state index in [0.29, 0.717) is 11.8 Å². The van der Waals surface area contributed by atoms with Crippen LogP contribution in [0.3, 0.4) is 0 Å². The van der Waals surface area contributed by atoms with Crippen molar-refractivity contribution in [2.45, 2.75) is 63.7 Å². The summed E-state index contributed by atoms with van der Waals surface area (Å²) >= 11 is 0. The van der Waals surface area contributed by atoms with E-state index in [9.17, 15) is 0 Å². The van der Waals surface area contributed by atoms with Crippen molar-refractivity contribution in [3.8, 4) is 22.3 Å². The minimum Gasteiger partial charge on any atom is -0.310 e. The molecule has 0 aliphatic heterocycles. The van der Waals surface area contributed by atoms with E-state index < -0.39 is 0 Å². The van der Waals surface area contributed by atoms with Crippen LogP contribution in [0.1, 0.15) is 75.1 Å². The Hall–Kier alpha value is -4.88. The summed E-state index contributed by atoms with van der Waals surface area (Å²) in [6, 6.07) is 56.8. The summed E-state index contributed by atoms with van der Waals surface area (Å²) in [4.78, 5) is 2.47. The lowest BCUT2D eigenvalue weighted by atomic mass is 9.43. The molecule has 1 unspecified atom stereocenters. The van der Waals surface area contributed by atoms with Gasteiger partial charge in [0.25, 0.3) is 0 Å². The van der Waals surface area contributed by atoms with E-state index in [0.717, 1.165) is 5.92 Å². The van der Waals surface area contributed by atoms with Crippen LogP contribution in [0, 0.1) is 17.8 Å². The molecule has 50 heavy (non-hydrogen) atoms. The highest BCUT2D eigenvalue weighted by Gasteiger charge is 2.58. The number of hydrogen-bond acceptors (Lipinski definition) is 1. The predicted molar refractivity (Wildman–Crippen MR) is 211 cm³/mol. The Kier molecular flexibility index (Phi) is 7.57. The highest BCUT2D eigenvalue weighted by atomic mass is 15.1. The van der Waals surface area contributed by atoms with Gasteiger partial charge in [0.2, 0.25) is 0 Å². The number of rotatable bonds is 5. The third-order valence-corrected chi connectivity index (χ3v) is 12.7. The van der Waals surface area contributed by atoms with Gasteiger partial charge in [0, 0.05) is 27.9 Å². The molecule has 3 aliphatic rings. The molecule has 1 spiro atoms. The molecular formula is C49H47N. The first-order valence-corrected chi connectivity index (χ1v) is 18.8. The van der Waals surface area contributed by atoms with Gasteiger partial charge in [0.05, 0.1) is 0 Å². The Bertz CT molecular complexity index is 2030. The fraction of sp³-hybridized carbons (Fsp3) is 0.265. The summed E-state index contributed by atoms with van der Waals surface area (Å²) in [7, 11) is 0. The molecule has 0 radical (unpaired) electrons. The first-order valence-electron chi connectivity index (χ1n) is 18.8. The molecule has 1 nitrogen and oxygen atoms in total. The number of benzene rings is 6. The molecular weight excluding hydrogens is 603 g/mol. The first kappa shape index (κ1) is 31.1. The van der Waals surface area contributed by atoms with Gasteiger partial charge in [-0.1, -0.05) is 142 Å². The van der Waals surface area contributed by atoms with Gasteiger partial charge in [-0.3, -0.25) is 0 Å². The third-order valence-electron chi connectivity index (χ3n) is 12.7. The number of hydrogen-bond donors (Lipinski definition) is 0. The molecule has 248 valence electrons. The molecule has 0 heterocycles. The van der Waals surface area contributed by atoms with Crippen LogP contribution in [0.15, 0.2) is 152 Å². The van der Waals surface area contributed by atoms with Crippen molar-refractivity contribution in [1.82, 2.24) is 0 Å². The Balaban J connectivity index is 1.21. The molecule has 0 amide bonds. The molecule has 3 aliphatic carbocycles. The summed E-state index contributed by atoms with van der Waals surface area (Å²) in [5, 5.41) is 0. The quantitative estimate of drug-likeness (QED) is 0.180. The van der Waals surface area contributed by atoms with Crippen LogP contribution in [0.25, 0.3) is 22.3 Å². The molecule has 0 N–H and O–H groups in total. The summed E-state index contributed by atoms with van der Waals surface area (Å²) in [6.45, 7) is 7.44. The average Bonchev–Trinajstić information content (AvgIpc) is 3.16. The van der Waals surface area contributed by atoms with Gasteiger partial charge < -0.3 is 4.90 Å². The zero-order valence-corrected chi connectivity index (χ0v) is 29.6. The SMILES string of the molecule is C[C@@H]1C[C@H]2CCC[C@@H](C1)C21c2ccccc2C(C)(C)c2cc(N(c3ccc(-c4ccccc4)cc3)c3ccc(-c4ccccc4)cc3)ccc21. The second-order valence-corrected chi connectivity index (χ2v) is 15.8. The molecule has 2 saturated carbocycles. The van der Waals surface area contributed by atoms with Crippen LogP contribution in [0.5, 0.6) is 0 Å². The normalized spacial score (nSPS) is 23.1. The molecule has 1 heteroatoms. The summed E-state index contributed by atoms with van der Waals surface area (Å²) in [5.74, 6) is 2.19. The maximum Gasteiger partial charge on any atom is 0.0464 e. The largest absolute Gasteiger partial charge is 0.310 e. The Labute approximate surface area is 298 Å². The van der Waals surface area contributed by atoms with Gasteiger partial charge in [-0.25, -0.2) is 0 Å². The summed E-state index contributed by atoms with van der Waals surface area (Å²) < 4.78 is 0. The molecule has 2 fully saturated rings. The van der Waals surface area contributed by atoms with Gasteiger partial charge in [-0.05, 0) is 124 Å². The van der Waals surface area contributed by atoms with E-state index in [-0.39, 0.29) is 10.8 Å². The molecule has 0 saturated heterocycles. The predicted octanol–water partition coefficient (Wildman–Crippen LogP) is 13.3. The van der Waals surface area contributed by atoms with Gasteiger partial charge >= 0.3 is 0 Å². The van der Waals surface area contributed by atoms with Crippen LogP contribution < -0.4 is 4.90 Å². The number of anilines is 3. The Morgan fingerprint density at radius 1 is 0.460 bits per heavy atom. The minimum atomic E-state index is -0.107. The Morgan fingerprint density at radius 2 is 0.900 bits per heavy atom. The summed E-state index contributed by atoms with van der Waals surface area (Å²) in [5.41, 5.74) is 14.8. The van der Waals surface area contributed by atoms with E-state index in [1.807, 2.05) is 0 Å². The number of nitrogens with zero attached hydrogens (tertiary/aromatic N) is 1. The monoisotopic (exact) mass is 649 g/mol. The lowest BCUT2D eigenvalue weighted by Gasteiger charge is -2.60. The highest BCUT2D eigenvalue weighted by Crippen LogP contribution is 2.64. The smallest absolute Gasteiger partial charge is 0.0464 e. The van der Waals surface area contributed by atoms with Crippen molar-refractivity contribution in [3.63, 3.8) is 0 Å². The van der Waals surface area contributed by atoms with Crippen molar-refractivity contribution in [1.29, 1.82) is 0 Å². The maximum atomic E-state index is 2.57. The van der Waals surface area contributed by atoms with Crippen LogP contribution >= 0.6 is 0 Å². The van der Waals surface area contributed by atoms with Crippen molar-refractivity contribution < 1.29 is 0 Å². The lowest BCUT2D eigenvalue weighted by molar-refractivity contribution is 0.0488. The maximum absolute atomic E-state index is 2.57. The van der Waals surface area contributed by atoms with E-state index in [2.05, 4.69) is 177 Å². The van der Waals surface area contributed by atoms with Gasteiger partial charge in [-0.2, -0.15) is 0 Å². The lowest BCUT2D eigenvalue weighted by Crippen LogP contribution is -2.54. The van der Waals surface area contributed by atoms with Gasteiger partial charge in [0.1, 0.15) is 0 Å². The van der Waals surface area contributed by atoms with Gasteiger partial charge in [-0.15, -0.1) is 0 Å². The van der Waals surface area contributed by atoms with Crippen LogP contribution in [0.4, 0.5) is 17.1 Å². The van der Waals surface area contributed by atoms with Crippen molar-refractivity contribution in [2.75, 3.05) is 4.90 Å². The second kappa shape index (κ2) is 12.2. The van der Waals surface area contributed by atoms with E-state index in [1.54, 1.807) is 11.1 Å². The van der Waals surface area contributed by atoms with Crippen molar-refractivity contribution in [3.05, 3.63) is 174 Å². The van der Waals surface area contributed by atoms with Crippen LogP contribution in [0.2, 0.25) is 0 Å².